The number of benzene rings is 1. The number of nitrogens with zero attached hydrogens (tertiary/aromatic N) is 2. The zero-order chi connectivity index (χ0) is 15.3. The van der Waals surface area contributed by atoms with E-state index in [-0.39, 0.29) is 0 Å². The lowest BCUT2D eigenvalue weighted by atomic mass is 10.1. The second kappa shape index (κ2) is 5.66. The standard InChI is InChI=1S/C12H11BrCl2N2O4/c13-12-16-6-1-4(14)5(15)2-7(6)17(12)11-10(20)9(19)8(3-18)21-11/h1-2,8-11,18-20H,3H2/t8-,9+,10-,11-/m0/s1. The molecule has 1 aliphatic rings. The average molecular weight is 398 g/mol. The Hall–Kier alpha value is -0.410. The molecular formula is C12H11BrCl2N2O4. The maximum absolute atomic E-state index is 10.1. The molecule has 9 heteroatoms. The van der Waals surface area contributed by atoms with E-state index >= 15 is 0 Å². The van der Waals surface area contributed by atoms with E-state index in [0.717, 1.165) is 0 Å². The average Bonchev–Trinajstić information content (AvgIpc) is 2.89. The molecule has 0 amide bonds. The van der Waals surface area contributed by atoms with Crippen molar-refractivity contribution in [3.63, 3.8) is 0 Å². The number of aliphatic hydroxyl groups is 3. The highest BCUT2D eigenvalue weighted by Gasteiger charge is 2.44. The van der Waals surface area contributed by atoms with Crippen LogP contribution in [0.5, 0.6) is 0 Å². The van der Waals surface area contributed by atoms with Crippen molar-refractivity contribution in [2.75, 3.05) is 6.61 Å². The van der Waals surface area contributed by atoms with Gasteiger partial charge in [-0.2, -0.15) is 0 Å². The predicted molar refractivity (Wildman–Crippen MR) is 80.5 cm³/mol. The number of rotatable bonds is 2. The van der Waals surface area contributed by atoms with E-state index < -0.39 is 31.1 Å². The summed E-state index contributed by atoms with van der Waals surface area (Å²) in [6.45, 7) is -0.397. The molecule has 2 aromatic rings. The fourth-order valence-electron chi connectivity index (χ4n) is 2.40. The Morgan fingerprint density at radius 1 is 1.24 bits per heavy atom. The molecule has 1 saturated heterocycles. The first-order valence-corrected chi connectivity index (χ1v) is 7.64. The second-order valence-corrected chi connectivity index (χ2v) is 6.26. The number of fused-ring (bicyclic) bond motifs is 1. The molecule has 6 nitrogen and oxygen atoms in total. The van der Waals surface area contributed by atoms with Crippen LogP contribution in [0.2, 0.25) is 10.0 Å². The quantitative estimate of drug-likeness (QED) is 0.718. The third-order valence-electron chi connectivity index (χ3n) is 3.46. The van der Waals surface area contributed by atoms with Gasteiger partial charge in [0.05, 0.1) is 27.7 Å². The Morgan fingerprint density at radius 3 is 2.52 bits per heavy atom. The minimum absolute atomic E-state index is 0.338. The molecule has 1 aromatic carbocycles. The lowest BCUT2D eigenvalue weighted by Crippen LogP contribution is -2.33. The highest BCUT2D eigenvalue weighted by atomic mass is 79.9. The zero-order valence-corrected chi connectivity index (χ0v) is 13.5. The first-order valence-electron chi connectivity index (χ1n) is 6.09. The third kappa shape index (κ3) is 2.46. The number of ether oxygens (including phenoxy) is 1. The van der Waals surface area contributed by atoms with Crippen molar-refractivity contribution < 1.29 is 20.1 Å². The minimum Gasteiger partial charge on any atom is -0.394 e. The molecular weight excluding hydrogens is 387 g/mol. The largest absolute Gasteiger partial charge is 0.394 e. The predicted octanol–water partition coefficient (Wildman–Crippen LogP) is 1.72. The van der Waals surface area contributed by atoms with E-state index in [4.69, 9.17) is 33.0 Å². The van der Waals surface area contributed by atoms with Gasteiger partial charge in [-0.1, -0.05) is 23.2 Å². The molecule has 2 heterocycles. The van der Waals surface area contributed by atoms with Crippen LogP contribution < -0.4 is 0 Å². The van der Waals surface area contributed by atoms with Gasteiger partial charge in [-0.05, 0) is 28.1 Å². The van der Waals surface area contributed by atoms with Crippen LogP contribution in [-0.2, 0) is 4.74 Å². The first kappa shape index (κ1) is 15.5. The molecule has 0 radical (unpaired) electrons. The van der Waals surface area contributed by atoms with E-state index in [1.165, 1.54) is 0 Å². The Bertz CT molecular complexity index is 695. The molecule has 0 bridgehead atoms. The molecule has 0 saturated carbocycles. The summed E-state index contributed by atoms with van der Waals surface area (Å²) in [5.41, 5.74) is 1.15. The number of aliphatic hydroxyl groups excluding tert-OH is 3. The van der Waals surface area contributed by atoms with E-state index in [1.807, 2.05) is 0 Å². The highest BCUT2D eigenvalue weighted by Crippen LogP contribution is 2.37. The maximum atomic E-state index is 10.1. The number of hydrogen-bond acceptors (Lipinski definition) is 5. The van der Waals surface area contributed by atoms with Crippen LogP contribution in [-0.4, -0.2) is 49.8 Å². The van der Waals surface area contributed by atoms with Crippen LogP contribution in [0.4, 0.5) is 0 Å². The van der Waals surface area contributed by atoms with Gasteiger partial charge in [0.25, 0.3) is 0 Å². The smallest absolute Gasteiger partial charge is 0.180 e. The maximum Gasteiger partial charge on any atom is 0.180 e. The summed E-state index contributed by atoms with van der Waals surface area (Å²) in [5.74, 6) is 0. The second-order valence-electron chi connectivity index (χ2n) is 4.73. The molecule has 114 valence electrons. The zero-order valence-electron chi connectivity index (χ0n) is 10.4. The first-order chi connectivity index (χ1) is 9.93. The van der Waals surface area contributed by atoms with Gasteiger partial charge in [0.1, 0.15) is 18.3 Å². The molecule has 3 rings (SSSR count). The van der Waals surface area contributed by atoms with Crippen LogP contribution in [0, 0.1) is 0 Å². The SMILES string of the molecule is OC[C@@H]1O[C@H](n2c(Br)nc3cc(Cl)c(Cl)cc32)[C@@H](O)[C@@H]1O. The van der Waals surface area contributed by atoms with Gasteiger partial charge < -0.3 is 20.1 Å². The molecule has 3 N–H and O–H groups in total. The fourth-order valence-corrected chi connectivity index (χ4v) is 3.30. The van der Waals surface area contributed by atoms with Gasteiger partial charge >= 0.3 is 0 Å². The van der Waals surface area contributed by atoms with E-state index in [0.29, 0.717) is 25.8 Å². The summed E-state index contributed by atoms with van der Waals surface area (Å²) in [6.07, 6.45) is -4.15. The van der Waals surface area contributed by atoms with Crippen molar-refractivity contribution in [1.82, 2.24) is 9.55 Å². The minimum atomic E-state index is -1.20. The van der Waals surface area contributed by atoms with Crippen molar-refractivity contribution in [2.45, 2.75) is 24.5 Å². The van der Waals surface area contributed by atoms with Gasteiger partial charge in [-0.3, -0.25) is 4.57 Å². The Balaban J connectivity index is 2.12. The molecule has 0 unspecified atom stereocenters. The summed E-state index contributed by atoms with van der Waals surface area (Å²) in [4.78, 5) is 4.27. The van der Waals surface area contributed by atoms with Gasteiger partial charge in [0.15, 0.2) is 11.0 Å². The van der Waals surface area contributed by atoms with Gasteiger partial charge in [-0.15, -0.1) is 0 Å². The monoisotopic (exact) mass is 396 g/mol. The molecule has 1 fully saturated rings. The summed E-state index contributed by atoms with van der Waals surface area (Å²) in [5, 5.41) is 29.8. The fraction of sp³-hybridized carbons (Fsp3) is 0.417. The number of hydrogen-bond donors (Lipinski definition) is 3. The molecule has 0 aliphatic carbocycles. The topological polar surface area (TPSA) is 87.7 Å². The highest BCUT2D eigenvalue weighted by molar-refractivity contribution is 9.10. The van der Waals surface area contributed by atoms with Gasteiger partial charge in [0.2, 0.25) is 0 Å². The lowest BCUT2D eigenvalue weighted by molar-refractivity contribution is -0.0518. The van der Waals surface area contributed by atoms with Gasteiger partial charge in [0, 0.05) is 0 Å². The molecule has 0 spiro atoms. The van der Waals surface area contributed by atoms with E-state index in [9.17, 15) is 10.2 Å². The Labute approximate surface area is 138 Å². The van der Waals surface area contributed by atoms with Crippen LogP contribution in [0.15, 0.2) is 16.9 Å². The summed E-state index contributed by atoms with van der Waals surface area (Å²) >= 11 is 15.3. The Kier molecular flexibility index (Phi) is 4.17. The van der Waals surface area contributed by atoms with Crippen molar-refractivity contribution in [1.29, 1.82) is 0 Å². The van der Waals surface area contributed by atoms with Gasteiger partial charge in [-0.25, -0.2) is 4.98 Å². The summed E-state index contributed by atoms with van der Waals surface area (Å²) in [7, 11) is 0. The van der Waals surface area contributed by atoms with E-state index in [1.54, 1.807) is 16.7 Å². The molecule has 4 atom stereocenters. The van der Waals surface area contributed by atoms with Crippen molar-refractivity contribution in [3.05, 3.63) is 26.9 Å². The molecule has 1 aliphatic heterocycles. The molecule has 21 heavy (non-hydrogen) atoms. The van der Waals surface area contributed by atoms with Crippen LogP contribution in [0.25, 0.3) is 11.0 Å². The normalized spacial score (nSPS) is 29.4. The van der Waals surface area contributed by atoms with Crippen LogP contribution >= 0.6 is 39.1 Å². The van der Waals surface area contributed by atoms with E-state index in [2.05, 4.69) is 20.9 Å². The van der Waals surface area contributed by atoms with Crippen molar-refractivity contribution in [3.8, 4) is 0 Å². The Morgan fingerprint density at radius 2 is 1.90 bits per heavy atom. The number of halogens is 3. The van der Waals surface area contributed by atoms with Crippen molar-refractivity contribution >= 4 is 50.2 Å². The summed E-state index contributed by atoms with van der Waals surface area (Å²) in [6, 6.07) is 3.20. The third-order valence-corrected chi connectivity index (χ3v) is 4.74. The number of imidazole rings is 1. The molecule has 1 aromatic heterocycles. The number of aromatic nitrogens is 2. The van der Waals surface area contributed by atoms with Crippen LogP contribution in [0.3, 0.4) is 0 Å². The summed E-state index contributed by atoms with van der Waals surface area (Å²) < 4.78 is 7.46. The lowest BCUT2D eigenvalue weighted by Gasteiger charge is -2.18. The van der Waals surface area contributed by atoms with Crippen LogP contribution in [0.1, 0.15) is 6.23 Å². The van der Waals surface area contributed by atoms with Crippen molar-refractivity contribution in [2.24, 2.45) is 0 Å².